The molecule has 0 radical (unpaired) electrons. The molecule has 0 saturated heterocycles. The van der Waals surface area contributed by atoms with Gasteiger partial charge in [-0.3, -0.25) is 0 Å². The molecule has 1 aromatic carbocycles. The Kier molecular flexibility index (Phi) is 5.48. The van der Waals surface area contributed by atoms with Crippen molar-refractivity contribution < 1.29 is 14.6 Å². The fraction of sp³-hybridized carbons (Fsp3) is 0.600. The topological polar surface area (TPSA) is 38.7 Å². The van der Waals surface area contributed by atoms with E-state index in [9.17, 15) is 5.11 Å². The Morgan fingerprint density at radius 2 is 1.56 bits per heavy atom. The van der Waals surface area contributed by atoms with Gasteiger partial charge < -0.3 is 14.6 Å². The largest absolute Gasteiger partial charge is 0.494 e. The first kappa shape index (κ1) is 14.8. The lowest BCUT2D eigenvalue weighted by Crippen LogP contribution is -2.31. The van der Waals surface area contributed by atoms with Crippen molar-refractivity contribution in [3.05, 3.63) is 24.3 Å². The molecule has 0 aromatic heterocycles. The predicted octanol–water partition coefficient (Wildman–Crippen LogP) is 3.26. The fourth-order valence-electron chi connectivity index (χ4n) is 1.28. The summed E-state index contributed by atoms with van der Waals surface area (Å²) in [6, 6.07) is 7.49. The van der Waals surface area contributed by atoms with Crippen molar-refractivity contribution in [2.75, 3.05) is 13.2 Å². The smallest absolute Gasteiger partial charge is 0.119 e. The number of hydrogen-bond acceptors (Lipinski definition) is 3. The molecule has 0 heterocycles. The van der Waals surface area contributed by atoms with Crippen molar-refractivity contribution >= 4 is 0 Å². The van der Waals surface area contributed by atoms with Gasteiger partial charge in [-0.15, -0.1) is 0 Å². The van der Waals surface area contributed by atoms with Gasteiger partial charge >= 0.3 is 0 Å². The maximum atomic E-state index is 9.87. The van der Waals surface area contributed by atoms with Gasteiger partial charge in [-0.2, -0.15) is 0 Å². The number of aliphatic hydroxyl groups excluding tert-OH is 1. The van der Waals surface area contributed by atoms with E-state index in [0.717, 1.165) is 24.5 Å². The third kappa shape index (κ3) is 4.96. The summed E-state index contributed by atoms with van der Waals surface area (Å²) < 4.78 is 11.0. The molecule has 1 rings (SSSR count). The molecule has 18 heavy (non-hydrogen) atoms. The highest BCUT2D eigenvalue weighted by atomic mass is 16.5. The first-order valence-corrected chi connectivity index (χ1v) is 6.47. The highest BCUT2D eigenvalue weighted by molar-refractivity contribution is 5.31. The van der Waals surface area contributed by atoms with Gasteiger partial charge in [0, 0.05) is 0 Å². The molecule has 0 aliphatic heterocycles. The Hall–Kier alpha value is -1.22. The second-order valence-electron chi connectivity index (χ2n) is 5.51. The lowest BCUT2D eigenvalue weighted by Gasteiger charge is -2.25. The average molecular weight is 252 g/mol. The van der Waals surface area contributed by atoms with E-state index in [2.05, 4.69) is 6.92 Å². The van der Waals surface area contributed by atoms with Gasteiger partial charge in [0.15, 0.2) is 0 Å². The van der Waals surface area contributed by atoms with Gasteiger partial charge in [0.25, 0.3) is 0 Å². The highest BCUT2D eigenvalue weighted by Crippen LogP contribution is 2.22. The SMILES string of the molecule is CCCOc1ccc(OCC(O)C(C)(C)C)cc1. The number of ether oxygens (including phenoxy) is 2. The van der Waals surface area contributed by atoms with Gasteiger partial charge in [-0.25, -0.2) is 0 Å². The van der Waals surface area contributed by atoms with Gasteiger partial charge in [-0.05, 0) is 36.1 Å². The number of rotatable bonds is 6. The highest BCUT2D eigenvalue weighted by Gasteiger charge is 2.22. The summed E-state index contributed by atoms with van der Waals surface area (Å²) >= 11 is 0. The molecule has 1 aromatic rings. The Bertz CT molecular complexity index is 338. The average Bonchev–Trinajstić information content (AvgIpc) is 2.33. The third-order valence-corrected chi connectivity index (χ3v) is 2.70. The van der Waals surface area contributed by atoms with E-state index in [1.807, 2.05) is 45.0 Å². The van der Waals surface area contributed by atoms with Crippen LogP contribution in [0.3, 0.4) is 0 Å². The molecular weight excluding hydrogens is 228 g/mol. The molecule has 0 saturated carbocycles. The summed E-state index contributed by atoms with van der Waals surface area (Å²) in [5.41, 5.74) is -0.163. The van der Waals surface area contributed by atoms with Gasteiger partial charge in [0.1, 0.15) is 18.1 Å². The summed E-state index contributed by atoms with van der Waals surface area (Å²) in [6.45, 7) is 9.07. The van der Waals surface area contributed by atoms with E-state index in [4.69, 9.17) is 9.47 Å². The van der Waals surface area contributed by atoms with E-state index >= 15 is 0 Å². The van der Waals surface area contributed by atoms with E-state index in [1.165, 1.54) is 0 Å². The van der Waals surface area contributed by atoms with Crippen LogP contribution in [-0.4, -0.2) is 24.4 Å². The standard InChI is InChI=1S/C15H24O3/c1-5-10-17-12-6-8-13(9-7-12)18-11-14(16)15(2,3)4/h6-9,14,16H,5,10-11H2,1-4H3. The summed E-state index contributed by atoms with van der Waals surface area (Å²) in [6.07, 6.45) is 0.518. The molecule has 3 nitrogen and oxygen atoms in total. The minimum Gasteiger partial charge on any atom is -0.494 e. The van der Waals surface area contributed by atoms with Crippen LogP contribution < -0.4 is 9.47 Å². The molecule has 102 valence electrons. The summed E-state index contributed by atoms with van der Waals surface area (Å²) in [4.78, 5) is 0. The van der Waals surface area contributed by atoms with Crippen molar-refractivity contribution in [2.45, 2.75) is 40.2 Å². The van der Waals surface area contributed by atoms with Crippen LogP contribution in [0.1, 0.15) is 34.1 Å². The normalized spacial score (nSPS) is 13.2. The Balaban J connectivity index is 2.44. The molecule has 1 unspecified atom stereocenters. The fourth-order valence-corrected chi connectivity index (χ4v) is 1.28. The van der Waals surface area contributed by atoms with Crippen LogP contribution in [0.5, 0.6) is 11.5 Å². The lowest BCUT2D eigenvalue weighted by atomic mass is 9.90. The monoisotopic (exact) mass is 252 g/mol. The predicted molar refractivity (Wildman–Crippen MR) is 73.2 cm³/mol. The third-order valence-electron chi connectivity index (χ3n) is 2.70. The first-order valence-electron chi connectivity index (χ1n) is 6.47. The van der Waals surface area contributed by atoms with Crippen LogP contribution in [0.2, 0.25) is 0 Å². The van der Waals surface area contributed by atoms with Crippen LogP contribution >= 0.6 is 0 Å². The summed E-state index contributed by atoms with van der Waals surface area (Å²) in [5, 5.41) is 9.87. The maximum Gasteiger partial charge on any atom is 0.119 e. The van der Waals surface area contributed by atoms with Gasteiger partial charge in [0.2, 0.25) is 0 Å². The number of benzene rings is 1. The molecule has 0 amide bonds. The quantitative estimate of drug-likeness (QED) is 0.844. The summed E-state index contributed by atoms with van der Waals surface area (Å²) in [5.74, 6) is 1.60. The van der Waals surface area contributed by atoms with Crippen LogP contribution in [-0.2, 0) is 0 Å². The minimum absolute atomic E-state index is 0.163. The molecule has 1 atom stereocenters. The van der Waals surface area contributed by atoms with E-state index in [-0.39, 0.29) is 5.41 Å². The first-order chi connectivity index (χ1) is 8.43. The van der Waals surface area contributed by atoms with Crippen LogP contribution in [0.25, 0.3) is 0 Å². The van der Waals surface area contributed by atoms with Crippen molar-refractivity contribution in [1.29, 1.82) is 0 Å². The second-order valence-corrected chi connectivity index (χ2v) is 5.51. The zero-order chi connectivity index (χ0) is 13.6. The molecule has 1 N–H and O–H groups in total. The molecule has 0 spiro atoms. The molecule has 0 aliphatic rings. The Morgan fingerprint density at radius 1 is 1.06 bits per heavy atom. The van der Waals surface area contributed by atoms with Crippen LogP contribution in [0, 0.1) is 5.41 Å². The van der Waals surface area contributed by atoms with Crippen LogP contribution in [0.4, 0.5) is 0 Å². The molecule has 0 bridgehead atoms. The Labute approximate surface area is 110 Å². The van der Waals surface area contributed by atoms with Gasteiger partial charge in [-0.1, -0.05) is 27.7 Å². The van der Waals surface area contributed by atoms with Gasteiger partial charge in [0.05, 0.1) is 12.7 Å². The zero-order valence-electron chi connectivity index (χ0n) is 11.8. The van der Waals surface area contributed by atoms with Crippen molar-refractivity contribution in [1.82, 2.24) is 0 Å². The van der Waals surface area contributed by atoms with Crippen molar-refractivity contribution in [2.24, 2.45) is 5.41 Å². The van der Waals surface area contributed by atoms with E-state index < -0.39 is 6.10 Å². The molecule has 0 aliphatic carbocycles. The molecule has 3 heteroatoms. The molecule has 0 fully saturated rings. The maximum absolute atomic E-state index is 9.87. The van der Waals surface area contributed by atoms with E-state index in [1.54, 1.807) is 0 Å². The Morgan fingerprint density at radius 3 is 2.00 bits per heavy atom. The lowest BCUT2D eigenvalue weighted by molar-refractivity contribution is 0.0218. The van der Waals surface area contributed by atoms with Crippen LogP contribution in [0.15, 0.2) is 24.3 Å². The van der Waals surface area contributed by atoms with Crippen molar-refractivity contribution in [3.8, 4) is 11.5 Å². The number of aliphatic hydroxyl groups is 1. The number of hydrogen-bond donors (Lipinski definition) is 1. The van der Waals surface area contributed by atoms with Crippen molar-refractivity contribution in [3.63, 3.8) is 0 Å². The second kappa shape index (κ2) is 6.64. The zero-order valence-corrected chi connectivity index (χ0v) is 11.8. The minimum atomic E-state index is -0.478. The summed E-state index contributed by atoms with van der Waals surface area (Å²) in [7, 11) is 0. The molecular formula is C15H24O3. The van der Waals surface area contributed by atoms with E-state index in [0.29, 0.717) is 6.61 Å².